The SMILES string of the molecule is COc1ccc(-c2nnc(SCC(=O)NN=Cc3ccc(N(C)C)cc3)n2-c2ccccc2)cc1. The van der Waals surface area contributed by atoms with Gasteiger partial charge in [-0.1, -0.05) is 42.1 Å². The topological polar surface area (TPSA) is 84.6 Å². The number of methoxy groups -OCH3 is 1. The maximum atomic E-state index is 12.4. The summed E-state index contributed by atoms with van der Waals surface area (Å²) >= 11 is 1.30. The number of amides is 1. The van der Waals surface area contributed by atoms with Crippen molar-refractivity contribution in [1.82, 2.24) is 20.2 Å². The summed E-state index contributed by atoms with van der Waals surface area (Å²) in [6.07, 6.45) is 1.62. The fourth-order valence-electron chi connectivity index (χ4n) is 3.30. The molecule has 0 aliphatic carbocycles. The number of hydrazone groups is 1. The summed E-state index contributed by atoms with van der Waals surface area (Å²) < 4.78 is 7.20. The number of nitrogens with zero attached hydrogens (tertiary/aromatic N) is 5. The minimum absolute atomic E-state index is 0.143. The van der Waals surface area contributed by atoms with Crippen molar-refractivity contribution in [3.8, 4) is 22.8 Å². The Balaban J connectivity index is 1.45. The van der Waals surface area contributed by atoms with Crippen LogP contribution in [-0.4, -0.2) is 53.8 Å². The van der Waals surface area contributed by atoms with E-state index in [1.807, 2.05) is 102 Å². The number of carbonyl (C=O) groups is 1. The second kappa shape index (κ2) is 11.3. The van der Waals surface area contributed by atoms with Crippen molar-refractivity contribution in [3.05, 3.63) is 84.4 Å². The number of thioether (sulfide) groups is 1. The van der Waals surface area contributed by atoms with Crippen LogP contribution in [0.4, 0.5) is 5.69 Å². The van der Waals surface area contributed by atoms with E-state index in [0.717, 1.165) is 28.3 Å². The Labute approximate surface area is 208 Å². The Kier molecular flexibility index (Phi) is 7.79. The van der Waals surface area contributed by atoms with Gasteiger partial charge in [-0.2, -0.15) is 5.10 Å². The van der Waals surface area contributed by atoms with Gasteiger partial charge in [-0.3, -0.25) is 9.36 Å². The molecule has 1 N–H and O–H groups in total. The number of hydrogen-bond acceptors (Lipinski definition) is 7. The molecule has 0 unspecified atom stereocenters. The van der Waals surface area contributed by atoms with Crippen molar-refractivity contribution >= 4 is 29.6 Å². The average molecular weight is 487 g/mol. The number of ether oxygens (including phenoxy) is 1. The van der Waals surface area contributed by atoms with Gasteiger partial charge in [-0.05, 0) is 54.1 Å². The number of aromatic nitrogens is 3. The Bertz CT molecular complexity index is 1290. The molecule has 0 aliphatic rings. The Hall–Kier alpha value is -4.11. The summed E-state index contributed by atoms with van der Waals surface area (Å²) in [4.78, 5) is 14.4. The molecule has 1 heterocycles. The predicted octanol–water partition coefficient (Wildman–Crippen LogP) is 4.25. The van der Waals surface area contributed by atoms with Crippen LogP contribution in [0.1, 0.15) is 5.56 Å². The van der Waals surface area contributed by atoms with Crippen molar-refractivity contribution in [1.29, 1.82) is 0 Å². The van der Waals surface area contributed by atoms with Gasteiger partial charge in [0.25, 0.3) is 5.91 Å². The number of hydrogen-bond donors (Lipinski definition) is 1. The molecule has 0 spiro atoms. The fourth-order valence-corrected chi connectivity index (χ4v) is 4.04. The number of para-hydroxylation sites is 1. The standard InChI is InChI=1S/C26H26N6O2S/c1-31(2)21-13-9-19(10-14-21)17-27-28-24(33)18-35-26-30-29-25(20-11-15-23(34-3)16-12-20)32(26)22-7-5-4-6-8-22/h4-17H,18H2,1-3H3,(H,28,33). The lowest BCUT2D eigenvalue weighted by Crippen LogP contribution is -2.20. The van der Waals surface area contributed by atoms with Crippen molar-refractivity contribution in [2.45, 2.75) is 5.16 Å². The highest BCUT2D eigenvalue weighted by molar-refractivity contribution is 7.99. The van der Waals surface area contributed by atoms with E-state index in [1.54, 1.807) is 13.3 Å². The highest BCUT2D eigenvalue weighted by atomic mass is 32.2. The summed E-state index contributed by atoms with van der Waals surface area (Å²) in [6.45, 7) is 0. The summed E-state index contributed by atoms with van der Waals surface area (Å²) in [5.74, 6) is 1.36. The zero-order chi connectivity index (χ0) is 24.6. The Morgan fingerprint density at radius 3 is 2.40 bits per heavy atom. The van der Waals surface area contributed by atoms with E-state index in [2.05, 4.69) is 20.7 Å². The van der Waals surface area contributed by atoms with Crippen LogP contribution in [0.5, 0.6) is 5.75 Å². The Morgan fingerprint density at radius 1 is 1.03 bits per heavy atom. The van der Waals surface area contributed by atoms with Crippen LogP contribution in [0.2, 0.25) is 0 Å². The number of benzene rings is 3. The first kappa shape index (κ1) is 24.0. The van der Waals surface area contributed by atoms with Gasteiger partial charge in [0.2, 0.25) is 0 Å². The molecule has 0 fully saturated rings. The van der Waals surface area contributed by atoms with Crippen LogP contribution < -0.4 is 15.1 Å². The van der Waals surface area contributed by atoms with Gasteiger partial charge in [-0.25, -0.2) is 5.43 Å². The molecule has 0 bridgehead atoms. The van der Waals surface area contributed by atoms with Crippen LogP contribution in [0, 0.1) is 0 Å². The first-order valence-electron chi connectivity index (χ1n) is 10.9. The largest absolute Gasteiger partial charge is 0.497 e. The second-order valence-corrected chi connectivity index (χ2v) is 8.72. The third kappa shape index (κ3) is 6.07. The number of rotatable bonds is 9. The number of carbonyl (C=O) groups excluding carboxylic acids is 1. The molecule has 0 aliphatic heterocycles. The molecular weight excluding hydrogens is 460 g/mol. The van der Waals surface area contributed by atoms with Crippen molar-refractivity contribution < 1.29 is 9.53 Å². The summed E-state index contributed by atoms with van der Waals surface area (Å²) in [5.41, 5.74) is 6.37. The van der Waals surface area contributed by atoms with Crippen LogP contribution in [0.15, 0.2) is 89.1 Å². The zero-order valence-corrected chi connectivity index (χ0v) is 20.6. The third-order valence-corrected chi connectivity index (χ3v) is 6.07. The lowest BCUT2D eigenvalue weighted by Gasteiger charge is -2.11. The molecule has 178 valence electrons. The molecule has 0 saturated heterocycles. The molecule has 8 nitrogen and oxygen atoms in total. The molecule has 1 aromatic heterocycles. The van der Waals surface area contributed by atoms with E-state index in [1.165, 1.54) is 11.8 Å². The smallest absolute Gasteiger partial charge is 0.250 e. The van der Waals surface area contributed by atoms with Gasteiger partial charge in [0, 0.05) is 31.0 Å². The average Bonchev–Trinajstić information content (AvgIpc) is 3.32. The summed E-state index contributed by atoms with van der Waals surface area (Å²) in [5, 5.41) is 13.4. The highest BCUT2D eigenvalue weighted by Crippen LogP contribution is 2.28. The molecule has 0 saturated carbocycles. The van der Waals surface area contributed by atoms with Gasteiger partial charge in [0.1, 0.15) is 5.75 Å². The van der Waals surface area contributed by atoms with E-state index < -0.39 is 0 Å². The monoisotopic (exact) mass is 486 g/mol. The quantitative estimate of drug-likeness (QED) is 0.216. The maximum Gasteiger partial charge on any atom is 0.250 e. The van der Waals surface area contributed by atoms with Crippen LogP contribution in [0.25, 0.3) is 17.1 Å². The molecule has 4 aromatic rings. The van der Waals surface area contributed by atoms with E-state index in [0.29, 0.717) is 11.0 Å². The zero-order valence-electron chi connectivity index (χ0n) is 19.8. The molecule has 35 heavy (non-hydrogen) atoms. The van der Waals surface area contributed by atoms with Crippen molar-refractivity contribution in [3.63, 3.8) is 0 Å². The van der Waals surface area contributed by atoms with Gasteiger partial charge in [0.05, 0.1) is 19.1 Å². The number of anilines is 1. The van der Waals surface area contributed by atoms with E-state index in [-0.39, 0.29) is 11.7 Å². The van der Waals surface area contributed by atoms with E-state index in [4.69, 9.17) is 4.74 Å². The molecular formula is C26H26N6O2S. The maximum absolute atomic E-state index is 12.4. The van der Waals surface area contributed by atoms with E-state index in [9.17, 15) is 4.79 Å². The second-order valence-electron chi connectivity index (χ2n) is 7.77. The lowest BCUT2D eigenvalue weighted by molar-refractivity contribution is -0.118. The van der Waals surface area contributed by atoms with Crippen LogP contribution in [0.3, 0.4) is 0 Å². The first-order valence-corrected chi connectivity index (χ1v) is 11.9. The predicted molar refractivity (Wildman–Crippen MR) is 141 cm³/mol. The normalized spacial score (nSPS) is 10.9. The highest BCUT2D eigenvalue weighted by Gasteiger charge is 2.17. The summed E-state index contributed by atoms with van der Waals surface area (Å²) in [6, 6.07) is 25.3. The van der Waals surface area contributed by atoms with E-state index >= 15 is 0 Å². The fraction of sp³-hybridized carbons (Fsp3) is 0.154. The molecule has 3 aromatic carbocycles. The van der Waals surface area contributed by atoms with Crippen LogP contribution in [-0.2, 0) is 4.79 Å². The Morgan fingerprint density at radius 2 is 1.74 bits per heavy atom. The molecule has 0 atom stereocenters. The lowest BCUT2D eigenvalue weighted by atomic mass is 10.2. The van der Waals surface area contributed by atoms with Gasteiger partial charge in [0.15, 0.2) is 11.0 Å². The molecule has 1 amide bonds. The minimum atomic E-state index is -0.232. The molecule has 0 radical (unpaired) electrons. The summed E-state index contributed by atoms with van der Waals surface area (Å²) in [7, 11) is 5.60. The molecule has 9 heteroatoms. The third-order valence-electron chi connectivity index (χ3n) is 5.14. The van der Waals surface area contributed by atoms with Crippen molar-refractivity contribution in [2.24, 2.45) is 5.10 Å². The van der Waals surface area contributed by atoms with Gasteiger partial charge in [-0.15, -0.1) is 10.2 Å². The van der Waals surface area contributed by atoms with Gasteiger partial charge >= 0.3 is 0 Å². The molecule has 4 rings (SSSR count). The van der Waals surface area contributed by atoms with Crippen LogP contribution >= 0.6 is 11.8 Å². The minimum Gasteiger partial charge on any atom is -0.497 e. The van der Waals surface area contributed by atoms with Gasteiger partial charge < -0.3 is 9.64 Å². The number of nitrogens with one attached hydrogen (secondary N) is 1. The van der Waals surface area contributed by atoms with Crippen molar-refractivity contribution in [2.75, 3.05) is 31.9 Å². The first-order chi connectivity index (χ1) is 17.0.